The lowest BCUT2D eigenvalue weighted by molar-refractivity contribution is 0.271. The van der Waals surface area contributed by atoms with Crippen LogP contribution >= 0.6 is 22.9 Å². The highest BCUT2D eigenvalue weighted by Gasteiger charge is 2.21. The number of aromatic nitrogens is 3. The number of sulfonamides is 1. The first-order chi connectivity index (χ1) is 12.9. The van der Waals surface area contributed by atoms with Gasteiger partial charge in [-0.05, 0) is 12.1 Å². The van der Waals surface area contributed by atoms with Crippen LogP contribution in [0.3, 0.4) is 0 Å². The lowest BCUT2D eigenvalue weighted by Crippen LogP contribution is -2.48. The predicted molar refractivity (Wildman–Crippen MR) is 108 cm³/mol. The monoisotopic (exact) mass is 426 g/mol. The molecule has 0 bridgehead atoms. The number of imidazole rings is 1. The van der Waals surface area contributed by atoms with Crippen LogP contribution in [0.1, 0.15) is 0 Å². The molecule has 3 heterocycles. The number of hydrogen-bond acceptors (Lipinski definition) is 7. The topological polar surface area (TPSA) is 96.8 Å². The Bertz CT molecular complexity index is 1010. The van der Waals surface area contributed by atoms with Gasteiger partial charge >= 0.3 is 0 Å². The van der Waals surface area contributed by atoms with Crippen molar-refractivity contribution in [3.05, 3.63) is 35.5 Å². The SMILES string of the molecule is NS(=O)(=O)CCN1CCN(c2nn3cc(-c4ccc(Cl)cc4)nc3s2)CC1. The van der Waals surface area contributed by atoms with Gasteiger partial charge in [-0.25, -0.2) is 23.1 Å². The van der Waals surface area contributed by atoms with E-state index in [9.17, 15) is 8.42 Å². The number of nitrogens with zero attached hydrogens (tertiary/aromatic N) is 5. The Balaban J connectivity index is 1.42. The number of piperazine rings is 1. The standard InChI is InChI=1S/C16H19ClN6O2S2/c17-13-3-1-12(2-4-13)14-11-23-15(19-14)26-16(20-23)22-7-5-21(6-8-22)9-10-27(18,24)25/h1-4,11H,5-10H2,(H2,18,24,25). The van der Waals surface area contributed by atoms with Gasteiger partial charge in [0.05, 0.1) is 17.6 Å². The van der Waals surface area contributed by atoms with Gasteiger partial charge in [-0.15, -0.1) is 5.10 Å². The maximum atomic E-state index is 11.1. The molecule has 8 nitrogen and oxygen atoms in total. The van der Waals surface area contributed by atoms with E-state index >= 15 is 0 Å². The van der Waals surface area contributed by atoms with E-state index in [-0.39, 0.29) is 5.75 Å². The molecule has 1 aliphatic rings. The minimum atomic E-state index is -3.41. The number of halogens is 1. The minimum Gasteiger partial charge on any atom is -0.344 e. The second-order valence-electron chi connectivity index (χ2n) is 6.44. The normalized spacial score (nSPS) is 16.3. The molecular weight excluding hydrogens is 408 g/mol. The average Bonchev–Trinajstić information content (AvgIpc) is 3.19. The number of hydrogen-bond donors (Lipinski definition) is 1. The van der Waals surface area contributed by atoms with E-state index in [1.807, 2.05) is 30.5 Å². The third kappa shape index (κ3) is 4.41. The van der Waals surface area contributed by atoms with Crippen LogP contribution in [-0.2, 0) is 10.0 Å². The smallest absolute Gasteiger partial charge is 0.214 e. The van der Waals surface area contributed by atoms with Crippen molar-refractivity contribution in [3.8, 4) is 11.3 Å². The summed E-state index contributed by atoms with van der Waals surface area (Å²) in [4.78, 5) is 9.81. The molecule has 27 heavy (non-hydrogen) atoms. The van der Waals surface area contributed by atoms with Gasteiger partial charge < -0.3 is 4.90 Å². The lowest BCUT2D eigenvalue weighted by Gasteiger charge is -2.34. The second-order valence-corrected chi connectivity index (χ2v) is 9.55. The molecule has 1 aromatic carbocycles. The molecular formula is C16H19ClN6O2S2. The molecule has 0 radical (unpaired) electrons. The Morgan fingerprint density at radius 2 is 1.85 bits per heavy atom. The zero-order valence-corrected chi connectivity index (χ0v) is 16.8. The van der Waals surface area contributed by atoms with E-state index in [0.29, 0.717) is 11.6 Å². The Morgan fingerprint density at radius 1 is 1.15 bits per heavy atom. The molecule has 3 aromatic rings. The van der Waals surface area contributed by atoms with Crippen molar-refractivity contribution in [1.82, 2.24) is 19.5 Å². The van der Waals surface area contributed by atoms with Gasteiger partial charge in [0, 0.05) is 43.3 Å². The van der Waals surface area contributed by atoms with Crippen LogP contribution in [0.4, 0.5) is 5.13 Å². The van der Waals surface area contributed by atoms with Crippen LogP contribution in [0.15, 0.2) is 30.5 Å². The van der Waals surface area contributed by atoms with E-state index < -0.39 is 10.0 Å². The van der Waals surface area contributed by atoms with Crippen LogP contribution in [0.5, 0.6) is 0 Å². The predicted octanol–water partition coefficient (Wildman–Crippen LogP) is 1.52. The van der Waals surface area contributed by atoms with E-state index in [2.05, 4.69) is 19.9 Å². The molecule has 1 fully saturated rings. The molecule has 2 N–H and O–H groups in total. The summed E-state index contributed by atoms with van der Waals surface area (Å²) in [5.41, 5.74) is 1.87. The van der Waals surface area contributed by atoms with Crippen molar-refractivity contribution in [1.29, 1.82) is 0 Å². The van der Waals surface area contributed by atoms with Crippen LogP contribution in [0.25, 0.3) is 16.2 Å². The molecule has 0 aliphatic carbocycles. The summed E-state index contributed by atoms with van der Waals surface area (Å²) in [6.07, 6.45) is 1.92. The highest BCUT2D eigenvalue weighted by Crippen LogP contribution is 2.27. The average molecular weight is 427 g/mol. The summed E-state index contributed by atoms with van der Waals surface area (Å²) in [6.45, 7) is 3.63. The fourth-order valence-corrected chi connectivity index (χ4v) is 4.57. The first-order valence-corrected chi connectivity index (χ1v) is 11.4. The van der Waals surface area contributed by atoms with Crippen molar-refractivity contribution in [3.63, 3.8) is 0 Å². The highest BCUT2D eigenvalue weighted by atomic mass is 35.5. The summed E-state index contributed by atoms with van der Waals surface area (Å²) in [6, 6.07) is 7.57. The Labute approximate surface area is 166 Å². The number of primary sulfonamides is 1. The maximum Gasteiger partial charge on any atom is 0.214 e. The fourth-order valence-electron chi connectivity index (χ4n) is 3.00. The van der Waals surface area contributed by atoms with E-state index in [1.54, 1.807) is 15.9 Å². The summed E-state index contributed by atoms with van der Waals surface area (Å²) < 4.78 is 24.0. The summed E-state index contributed by atoms with van der Waals surface area (Å²) in [5, 5.41) is 11.3. The largest absolute Gasteiger partial charge is 0.344 e. The van der Waals surface area contributed by atoms with E-state index in [4.69, 9.17) is 16.7 Å². The van der Waals surface area contributed by atoms with Crippen LogP contribution in [-0.4, -0.2) is 66.4 Å². The Morgan fingerprint density at radius 3 is 2.48 bits per heavy atom. The van der Waals surface area contributed by atoms with E-state index in [1.165, 1.54) is 0 Å². The quantitative estimate of drug-likeness (QED) is 0.664. The summed E-state index contributed by atoms with van der Waals surface area (Å²) in [7, 11) is -3.41. The molecule has 144 valence electrons. The summed E-state index contributed by atoms with van der Waals surface area (Å²) in [5.74, 6) is -0.00838. The maximum absolute atomic E-state index is 11.1. The molecule has 2 aromatic heterocycles. The third-order valence-electron chi connectivity index (χ3n) is 4.51. The van der Waals surface area contributed by atoms with Gasteiger partial charge in [-0.2, -0.15) is 0 Å². The third-order valence-corrected chi connectivity index (χ3v) is 6.49. The highest BCUT2D eigenvalue weighted by molar-refractivity contribution is 7.89. The molecule has 1 saturated heterocycles. The van der Waals surface area contributed by atoms with Crippen molar-refractivity contribution in [2.24, 2.45) is 5.14 Å². The van der Waals surface area contributed by atoms with Gasteiger partial charge in [0.1, 0.15) is 0 Å². The molecule has 0 spiro atoms. The van der Waals surface area contributed by atoms with Crippen molar-refractivity contribution < 1.29 is 8.42 Å². The van der Waals surface area contributed by atoms with Gasteiger partial charge in [-0.3, -0.25) is 4.90 Å². The number of anilines is 1. The molecule has 0 atom stereocenters. The first kappa shape index (κ1) is 18.6. The Hall–Kier alpha value is -1.72. The lowest BCUT2D eigenvalue weighted by atomic mass is 10.2. The van der Waals surface area contributed by atoms with Crippen molar-refractivity contribution in [2.45, 2.75) is 0 Å². The zero-order valence-electron chi connectivity index (χ0n) is 14.5. The fraction of sp³-hybridized carbons (Fsp3) is 0.375. The molecule has 0 unspecified atom stereocenters. The minimum absolute atomic E-state index is 0.00838. The van der Waals surface area contributed by atoms with Crippen LogP contribution in [0.2, 0.25) is 5.02 Å². The molecule has 4 rings (SSSR count). The number of fused-ring (bicyclic) bond motifs is 1. The zero-order chi connectivity index (χ0) is 19.0. The summed E-state index contributed by atoms with van der Waals surface area (Å²) >= 11 is 7.48. The van der Waals surface area contributed by atoms with E-state index in [0.717, 1.165) is 47.5 Å². The molecule has 0 saturated carbocycles. The molecule has 1 aliphatic heterocycles. The molecule has 11 heteroatoms. The van der Waals surface area contributed by atoms with Crippen molar-refractivity contribution >= 4 is 43.1 Å². The number of benzene rings is 1. The van der Waals surface area contributed by atoms with Crippen LogP contribution in [0, 0.1) is 0 Å². The van der Waals surface area contributed by atoms with Crippen molar-refractivity contribution in [2.75, 3.05) is 43.4 Å². The van der Waals surface area contributed by atoms with Gasteiger partial charge in [0.25, 0.3) is 0 Å². The van der Waals surface area contributed by atoms with Gasteiger partial charge in [-0.1, -0.05) is 35.1 Å². The number of nitrogens with two attached hydrogens (primary N) is 1. The van der Waals surface area contributed by atoms with Crippen LogP contribution < -0.4 is 10.0 Å². The second kappa shape index (κ2) is 7.36. The molecule has 0 amide bonds. The van der Waals surface area contributed by atoms with Gasteiger partial charge in [0.15, 0.2) is 0 Å². The first-order valence-electron chi connectivity index (χ1n) is 8.47. The van der Waals surface area contributed by atoms with Gasteiger partial charge in [0.2, 0.25) is 20.1 Å². The number of rotatable bonds is 5. The Kier molecular flexibility index (Phi) is 5.08.